The standard InChI is InChI=1S/C39H37ClN2O4/c1-45-39(44)28-13-19-34-35(23-28)41-38(37(34)26-6-3-2-4-7-26)27-11-17-32(18-12-27)46-24-29-22-31(42-21-5-8-36(42)43)16-20-33(29)25-9-14-30(40)15-10-25/h9-20,22-23,26,41H,2-8,21,24H2,1H3. The van der Waals surface area contributed by atoms with E-state index in [2.05, 4.69) is 35.3 Å². The summed E-state index contributed by atoms with van der Waals surface area (Å²) >= 11 is 6.18. The van der Waals surface area contributed by atoms with Crippen molar-refractivity contribution < 1.29 is 19.1 Å². The van der Waals surface area contributed by atoms with Crippen LogP contribution in [0.15, 0.2) is 84.9 Å². The van der Waals surface area contributed by atoms with Gasteiger partial charge in [0.15, 0.2) is 0 Å². The Bertz CT molecular complexity index is 1890. The molecule has 5 aromatic rings. The molecule has 0 bridgehead atoms. The van der Waals surface area contributed by atoms with Crippen molar-refractivity contribution >= 4 is 40.1 Å². The van der Waals surface area contributed by atoms with Gasteiger partial charge in [-0.05, 0) is 114 Å². The number of halogens is 1. The van der Waals surface area contributed by atoms with Crippen LogP contribution >= 0.6 is 11.6 Å². The van der Waals surface area contributed by atoms with E-state index in [1.165, 1.54) is 37.3 Å². The van der Waals surface area contributed by atoms with Crippen molar-refractivity contribution in [3.05, 3.63) is 107 Å². The second-order valence-electron chi connectivity index (χ2n) is 12.3. The molecule has 4 aromatic carbocycles. The molecule has 0 radical (unpaired) electrons. The molecule has 1 aliphatic carbocycles. The first kappa shape index (κ1) is 30.1. The van der Waals surface area contributed by atoms with Gasteiger partial charge in [-0.15, -0.1) is 0 Å². The van der Waals surface area contributed by atoms with E-state index in [-0.39, 0.29) is 11.9 Å². The van der Waals surface area contributed by atoms with Crippen LogP contribution in [-0.2, 0) is 16.1 Å². The minimum atomic E-state index is -0.337. The molecule has 6 nitrogen and oxygen atoms in total. The molecule has 1 saturated heterocycles. The van der Waals surface area contributed by atoms with Gasteiger partial charge in [0.2, 0.25) is 5.91 Å². The van der Waals surface area contributed by atoms with Crippen molar-refractivity contribution in [1.82, 2.24) is 4.98 Å². The Morgan fingerprint density at radius 3 is 2.37 bits per heavy atom. The summed E-state index contributed by atoms with van der Waals surface area (Å²) in [6, 6.07) is 28.0. The second kappa shape index (κ2) is 13.1. The number of H-pyrrole nitrogens is 1. The number of amides is 1. The highest BCUT2D eigenvalue weighted by atomic mass is 35.5. The molecule has 1 N–H and O–H groups in total. The summed E-state index contributed by atoms with van der Waals surface area (Å²) in [4.78, 5) is 30.3. The summed E-state index contributed by atoms with van der Waals surface area (Å²) in [5.41, 5.74) is 9.00. The maximum atomic E-state index is 12.5. The minimum absolute atomic E-state index is 0.160. The zero-order chi connectivity index (χ0) is 31.6. The Balaban J connectivity index is 1.18. The number of nitrogens with zero attached hydrogens (tertiary/aromatic N) is 1. The topological polar surface area (TPSA) is 71.6 Å². The number of carbonyl (C=O) groups is 2. The van der Waals surface area contributed by atoms with Crippen LogP contribution in [0.5, 0.6) is 5.75 Å². The van der Waals surface area contributed by atoms with Crippen LogP contribution in [0.3, 0.4) is 0 Å². The van der Waals surface area contributed by atoms with Crippen molar-refractivity contribution in [2.45, 2.75) is 57.5 Å². The summed E-state index contributed by atoms with van der Waals surface area (Å²) in [6.45, 7) is 1.09. The Hall–Kier alpha value is -4.55. The van der Waals surface area contributed by atoms with Crippen LogP contribution in [0.4, 0.5) is 5.69 Å². The van der Waals surface area contributed by atoms with Crippen molar-refractivity contribution in [3.63, 3.8) is 0 Å². The van der Waals surface area contributed by atoms with Crippen LogP contribution in [-0.4, -0.2) is 30.5 Å². The van der Waals surface area contributed by atoms with E-state index in [1.807, 2.05) is 59.5 Å². The van der Waals surface area contributed by atoms with E-state index >= 15 is 0 Å². The van der Waals surface area contributed by atoms with E-state index in [1.54, 1.807) is 0 Å². The van der Waals surface area contributed by atoms with E-state index in [9.17, 15) is 9.59 Å². The lowest BCUT2D eigenvalue weighted by Crippen LogP contribution is -2.23. The lowest BCUT2D eigenvalue weighted by atomic mass is 9.82. The number of nitrogens with one attached hydrogen (secondary N) is 1. The van der Waals surface area contributed by atoms with Crippen LogP contribution in [0.2, 0.25) is 5.02 Å². The van der Waals surface area contributed by atoms with Gasteiger partial charge < -0.3 is 19.4 Å². The van der Waals surface area contributed by atoms with Gasteiger partial charge >= 0.3 is 5.97 Å². The minimum Gasteiger partial charge on any atom is -0.489 e. The van der Waals surface area contributed by atoms with Gasteiger partial charge in [0.1, 0.15) is 12.4 Å². The summed E-state index contributed by atoms with van der Waals surface area (Å²) in [5, 5.41) is 1.85. The number of hydrogen-bond donors (Lipinski definition) is 1. The van der Waals surface area contributed by atoms with E-state index in [4.69, 9.17) is 21.1 Å². The number of anilines is 1. The Morgan fingerprint density at radius 1 is 0.891 bits per heavy atom. The number of rotatable bonds is 8. The first-order valence-corrected chi connectivity index (χ1v) is 16.5. The van der Waals surface area contributed by atoms with E-state index in [0.717, 1.165) is 70.7 Å². The molecule has 2 fully saturated rings. The molecule has 7 rings (SSSR count). The molecule has 2 aliphatic rings. The third kappa shape index (κ3) is 6.02. The van der Waals surface area contributed by atoms with Crippen LogP contribution < -0.4 is 9.64 Å². The molecule has 0 unspecified atom stereocenters. The first-order chi connectivity index (χ1) is 22.5. The number of aromatic amines is 1. The number of ether oxygens (including phenoxy) is 2. The fraction of sp³-hybridized carbons (Fsp3) is 0.282. The maximum Gasteiger partial charge on any atom is 0.337 e. The van der Waals surface area contributed by atoms with Gasteiger partial charge in [-0.1, -0.05) is 55.1 Å². The number of aromatic nitrogens is 1. The molecule has 1 saturated carbocycles. The van der Waals surface area contributed by atoms with Gasteiger partial charge in [0, 0.05) is 40.3 Å². The van der Waals surface area contributed by atoms with Gasteiger partial charge in [-0.3, -0.25) is 4.79 Å². The SMILES string of the molecule is COC(=O)c1ccc2c(C3CCCCC3)c(-c3ccc(OCc4cc(N5CCCC5=O)ccc4-c4ccc(Cl)cc4)cc3)[nH]c2c1. The van der Waals surface area contributed by atoms with Gasteiger partial charge in [-0.2, -0.15) is 0 Å². The molecule has 46 heavy (non-hydrogen) atoms. The Kier molecular flexibility index (Phi) is 8.55. The number of esters is 1. The zero-order valence-electron chi connectivity index (χ0n) is 26.0. The third-order valence-electron chi connectivity index (χ3n) is 9.44. The fourth-order valence-corrected chi connectivity index (χ4v) is 7.21. The van der Waals surface area contributed by atoms with Gasteiger partial charge in [0.05, 0.1) is 12.7 Å². The highest BCUT2D eigenvalue weighted by molar-refractivity contribution is 6.30. The molecule has 0 atom stereocenters. The molecule has 234 valence electrons. The largest absolute Gasteiger partial charge is 0.489 e. The molecule has 2 heterocycles. The Labute approximate surface area is 274 Å². The summed E-state index contributed by atoms with van der Waals surface area (Å²) in [5.74, 6) is 1.05. The molecular formula is C39H37ClN2O4. The number of fused-ring (bicyclic) bond motifs is 1. The molecule has 1 aliphatic heterocycles. The van der Waals surface area contributed by atoms with Crippen LogP contribution in [0.25, 0.3) is 33.3 Å². The fourth-order valence-electron chi connectivity index (χ4n) is 7.09. The average Bonchev–Trinajstić information content (AvgIpc) is 3.71. The quantitative estimate of drug-likeness (QED) is 0.173. The lowest BCUT2D eigenvalue weighted by Gasteiger charge is -2.23. The van der Waals surface area contributed by atoms with Crippen molar-refractivity contribution in [1.29, 1.82) is 0 Å². The predicted octanol–water partition coefficient (Wildman–Crippen LogP) is 9.70. The highest BCUT2D eigenvalue weighted by Crippen LogP contribution is 2.43. The number of methoxy groups -OCH3 is 1. The summed E-state index contributed by atoms with van der Waals surface area (Å²) < 4.78 is 11.4. The predicted molar refractivity (Wildman–Crippen MR) is 184 cm³/mol. The first-order valence-electron chi connectivity index (χ1n) is 16.1. The maximum absolute atomic E-state index is 12.5. The van der Waals surface area contributed by atoms with Gasteiger partial charge in [0.25, 0.3) is 0 Å². The molecular weight excluding hydrogens is 596 g/mol. The molecule has 1 aromatic heterocycles. The molecule has 0 spiro atoms. The summed E-state index contributed by atoms with van der Waals surface area (Å²) in [7, 11) is 1.41. The summed E-state index contributed by atoms with van der Waals surface area (Å²) in [6.07, 6.45) is 7.53. The lowest BCUT2D eigenvalue weighted by molar-refractivity contribution is -0.117. The van der Waals surface area contributed by atoms with E-state index < -0.39 is 0 Å². The number of carbonyl (C=O) groups excluding carboxylic acids is 2. The monoisotopic (exact) mass is 632 g/mol. The van der Waals surface area contributed by atoms with Crippen molar-refractivity contribution in [3.8, 4) is 28.1 Å². The molecule has 1 amide bonds. The third-order valence-corrected chi connectivity index (χ3v) is 9.69. The Morgan fingerprint density at radius 2 is 1.65 bits per heavy atom. The second-order valence-corrected chi connectivity index (χ2v) is 12.7. The smallest absolute Gasteiger partial charge is 0.337 e. The van der Waals surface area contributed by atoms with Crippen molar-refractivity contribution in [2.75, 3.05) is 18.6 Å². The average molecular weight is 633 g/mol. The zero-order valence-corrected chi connectivity index (χ0v) is 26.7. The number of hydrogen-bond acceptors (Lipinski definition) is 4. The highest BCUT2D eigenvalue weighted by Gasteiger charge is 2.25. The van der Waals surface area contributed by atoms with E-state index in [0.29, 0.717) is 29.5 Å². The van der Waals surface area contributed by atoms with Crippen LogP contribution in [0, 0.1) is 0 Å². The molecule has 7 heteroatoms. The van der Waals surface area contributed by atoms with Gasteiger partial charge in [-0.25, -0.2) is 4.79 Å². The van der Waals surface area contributed by atoms with Crippen molar-refractivity contribution in [2.24, 2.45) is 0 Å². The normalized spacial score (nSPS) is 15.4. The van der Waals surface area contributed by atoms with Crippen LogP contribution in [0.1, 0.15) is 72.3 Å². The number of benzene rings is 4.